The first-order valence-electron chi connectivity index (χ1n) is 3.78. The van der Waals surface area contributed by atoms with Gasteiger partial charge >= 0.3 is 0 Å². The van der Waals surface area contributed by atoms with Crippen molar-refractivity contribution in [1.82, 2.24) is 5.32 Å². The Morgan fingerprint density at radius 1 is 1.73 bits per heavy atom. The van der Waals surface area contributed by atoms with Gasteiger partial charge < -0.3 is 11.1 Å². The topological polar surface area (TPSA) is 55.1 Å². The van der Waals surface area contributed by atoms with Crippen LogP contribution in [0.2, 0.25) is 0 Å². The smallest absolute Gasteiger partial charge is 0.227 e. The Hall–Kier alpha value is -0.280. The van der Waals surface area contributed by atoms with Crippen molar-refractivity contribution in [3.63, 3.8) is 0 Å². The van der Waals surface area contributed by atoms with Crippen LogP contribution in [0.4, 0.5) is 0 Å². The van der Waals surface area contributed by atoms with Gasteiger partial charge in [-0.25, -0.2) is 0 Å². The lowest BCUT2D eigenvalue weighted by molar-refractivity contribution is -0.127. The average molecular weight is 177 g/mol. The number of nitrogens with one attached hydrogen (secondary N) is 1. The van der Waals surface area contributed by atoms with E-state index in [0.29, 0.717) is 12.5 Å². The van der Waals surface area contributed by atoms with Crippen LogP contribution in [-0.4, -0.2) is 19.0 Å². The second-order valence-electron chi connectivity index (χ2n) is 3.31. The van der Waals surface area contributed by atoms with Gasteiger partial charge in [-0.05, 0) is 18.8 Å². The van der Waals surface area contributed by atoms with Gasteiger partial charge in [-0.1, -0.05) is 0 Å². The molecule has 1 heterocycles. The third-order valence-electron chi connectivity index (χ3n) is 2.83. The molecule has 0 spiro atoms. The highest BCUT2D eigenvalue weighted by Crippen LogP contribution is 2.55. The number of halogens is 1. The zero-order valence-electron chi connectivity index (χ0n) is 6.30. The maximum atomic E-state index is 11.2. The number of hydrogen-bond donors (Lipinski definition) is 2. The molecular formula is C7H13ClN2O. The van der Waals surface area contributed by atoms with Crippen LogP contribution in [0.1, 0.15) is 12.8 Å². The zero-order valence-corrected chi connectivity index (χ0v) is 7.12. The van der Waals surface area contributed by atoms with Gasteiger partial charge in [0.2, 0.25) is 5.91 Å². The number of carbonyl (C=O) groups excluding carboxylic acids is 1. The normalized spacial score (nSPS) is 40.1. The lowest BCUT2D eigenvalue weighted by Gasteiger charge is -2.19. The molecule has 11 heavy (non-hydrogen) atoms. The summed E-state index contributed by atoms with van der Waals surface area (Å²) in [6, 6.07) is 0. The molecule has 2 atom stereocenters. The van der Waals surface area contributed by atoms with Crippen LogP contribution < -0.4 is 11.1 Å². The Labute approximate surface area is 72.1 Å². The summed E-state index contributed by atoms with van der Waals surface area (Å²) < 4.78 is 0. The molecule has 4 heteroatoms. The minimum Gasteiger partial charge on any atom is -0.356 e. The van der Waals surface area contributed by atoms with Crippen molar-refractivity contribution in [1.29, 1.82) is 0 Å². The molecule has 0 bridgehead atoms. The summed E-state index contributed by atoms with van der Waals surface area (Å²) in [7, 11) is 0. The van der Waals surface area contributed by atoms with Gasteiger partial charge in [0.1, 0.15) is 0 Å². The molecule has 1 aliphatic heterocycles. The lowest BCUT2D eigenvalue weighted by Crippen LogP contribution is -2.42. The van der Waals surface area contributed by atoms with Crippen LogP contribution in [0.3, 0.4) is 0 Å². The fraction of sp³-hybridized carbons (Fsp3) is 0.857. The summed E-state index contributed by atoms with van der Waals surface area (Å²) >= 11 is 0. The number of amides is 1. The van der Waals surface area contributed by atoms with E-state index in [2.05, 4.69) is 5.32 Å². The molecule has 0 aromatic rings. The van der Waals surface area contributed by atoms with Gasteiger partial charge in [-0.15, -0.1) is 12.4 Å². The number of nitrogens with two attached hydrogens (primary N) is 1. The standard InChI is InChI=1S/C7H12N2O.ClH/c8-4-7-3-5(7)1-2-9-6(7)10;/h5H,1-4,8H2,(H,9,10);1H. The maximum Gasteiger partial charge on any atom is 0.227 e. The molecule has 1 amide bonds. The Balaban J connectivity index is 0.000000605. The fourth-order valence-electron chi connectivity index (χ4n) is 1.92. The van der Waals surface area contributed by atoms with Gasteiger partial charge in [0.05, 0.1) is 5.41 Å². The fourth-order valence-corrected chi connectivity index (χ4v) is 1.92. The molecule has 64 valence electrons. The van der Waals surface area contributed by atoms with E-state index >= 15 is 0 Å². The van der Waals surface area contributed by atoms with E-state index in [9.17, 15) is 4.79 Å². The molecule has 2 fully saturated rings. The van der Waals surface area contributed by atoms with Crippen LogP contribution in [-0.2, 0) is 4.79 Å². The predicted octanol–water partition coefficient (Wildman–Crippen LogP) is -0.107. The number of fused-ring (bicyclic) bond motifs is 1. The molecule has 2 unspecified atom stereocenters. The third kappa shape index (κ3) is 1.03. The van der Waals surface area contributed by atoms with Crippen LogP contribution in [0, 0.1) is 11.3 Å². The lowest BCUT2D eigenvalue weighted by atomic mass is 9.98. The summed E-state index contributed by atoms with van der Waals surface area (Å²) in [5.41, 5.74) is 5.38. The molecule has 1 saturated heterocycles. The molecule has 1 saturated carbocycles. The number of piperidine rings is 1. The Kier molecular flexibility index (Phi) is 2.12. The molecule has 2 rings (SSSR count). The molecule has 1 aliphatic carbocycles. The van der Waals surface area contributed by atoms with Crippen LogP contribution in [0.15, 0.2) is 0 Å². The highest BCUT2D eigenvalue weighted by Gasteiger charge is 2.59. The molecule has 3 nitrogen and oxygen atoms in total. The van der Waals surface area contributed by atoms with E-state index in [4.69, 9.17) is 5.73 Å². The first-order valence-corrected chi connectivity index (χ1v) is 3.78. The van der Waals surface area contributed by atoms with Crippen LogP contribution in [0.5, 0.6) is 0 Å². The third-order valence-corrected chi connectivity index (χ3v) is 2.83. The summed E-state index contributed by atoms with van der Waals surface area (Å²) in [6.07, 6.45) is 2.15. The van der Waals surface area contributed by atoms with Gasteiger partial charge in [-0.3, -0.25) is 4.79 Å². The van der Waals surface area contributed by atoms with Crippen molar-refractivity contribution in [3.8, 4) is 0 Å². The summed E-state index contributed by atoms with van der Waals surface area (Å²) in [5.74, 6) is 0.789. The maximum absolute atomic E-state index is 11.2. The second kappa shape index (κ2) is 2.64. The Morgan fingerprint density at radius 3 is 2.91 bits per heavy atom. The van der Waals surface area contributed by atoms with Crippen molar-refractivity contribution in [2.24, 2.45) is 17.1 Å². The van der Waals surface area contributed by atoms with Crippen molar-refractivity contribution >= 4 is 18.3 Å². The molecule has 0 aromatic heterocycles. The highest BCUT2D eigenvalue weighted by atomic mass is 35.5. The van der Waals surface area contributed by atoms with Gasteiger partial charge in [0.15, 0.2) is 0 Å². The minimum atomic E-state index is -0.127. The SMILES string of the molecule is Cl.NCC12CC1CCNC2=O. The van der Waals surface area contributed by atoms with Crippen molar-refractivity contribution < 1.29 is 4.79 Å². The summed E-state index contributed by atoms with van der Waals surface area (Å²) in [5, 5.41) is 2.85. The Morgan fingerprint density at radius 2 is 2.45 bits per heavy atom. The van der Waals surface area contributed by atoms with E-state index < -0.39 is 0 Å². The minimum absolute atomic E-state index is 0. The monoisotopic (exact) mass is 176 g/mol. The largest absolute Gasteiger partial charge is 0.356 e. The Bertz CT molecular complexity index is 185. The number of rotatable bonds is 1. The summed E-state index contributed by atoms with van der Waals surface area (Å²) in [6.45, 7) is 1.38. The van der Waals surface area contributed by atoms with Crippen LogP contribution >= 0.6 is 12.4 Å². The molecular weight excluding hydrogens is 164 g/mol. The van der Waals surface area contributed by atoms with Crippen molar-refractivity contribution in [2.75, 3.05) is 13.1 Å². The van der Waals surface area contributed by atoms with Gasteiger partial charge in [-0.2, -0.15) is 0 Å². The predicted molar refractivity (Wildman–Crippen MR) is 44.5 cm³/mol. The molecule has 0 radical (unpaired) electrons. The molecule has 2 aliphatic rings. The van der Waals surface area contributed by atoms with Crippen LogP contribution in [0.25, 0.3) is 0 Å². The van der Waals surface area contributed by atoms with E-state index in [0.717, 1.165) is 19.4 Å². The van der Waals surface area contributed by atoms with E-state index in [1.807, 2.05) is 0 Å². The van der Waals surface area contributed by atoms with E-state index in [-0.39, 0.29) is 23.7 Å². The molecule has 0 aromatic carbocycles. The average Bonchev–Trinajstić information content (AvgIpc) is 2.65. The highest BCUT2D eigenvalue weighted by molar-refractivity contribution is 5.87. The summed E-state index contributed by atoms with van der Waals surface area (Å²) in [4.78, 5) is 11.2. The second-order valence-corrected chi connectivity index (χ2v) is 3.31. The van der Waals surface area contributed by atoms with Crippen molar-refractivity contribution in [2.45, 2.75) is 12.8 Å². The number of carbonyl (C=O) groups is 1. The first kappa shape index (κ1) is 8.81. The quantitative estimate of drug-likeness (QED) is 0.586. The first-order chi connectivity index (χ1) is 4.79. The zero-order chi connectivity index (χ0) is 7.19. The van der Waals surface area contributed by atoms with E-state index in [1.54, 1.807) is 0 Å². The van der Waals surface area contributed by atoms with E-state index in [1.165, 1.54) is 0 Å². The van der Waals surface area contributed by atoms with Gasteiger partial charge in [0, 0.05) is 13.1 Å². The number of hydrogen-bond acceptors (Lipinski definition) is 2. The van der Waals surface area contributed by atoms with Crippen molar-refractivity contribution in [3.05, 3.63) is 0 Å². The molecule has 3 N–H and O–H groups in total. The van der Waals surface area contributed by atoms with Gasteiger partial charge in [0.25, 0.3) is 0 Å².